The maximum absolute atomic E-state index is 12.3. The first-order valence-corrected chi connectivity index (χ1v) is 8.46. The van der Waals surface area contributed by atoms with Gasteiger partial charge in [-0.25, -0.2) is 4.98 Å². The zero-order valence-electron chi connectivity index (χ0n) is 13.8. The highest BCUT2D eigenvalue weighted by Crippen LogP contribution is 2.13. The van der Waals surface area contributed by atoms with Gasteiger partial charge in [-0.3, -0.25) is 14.6 Å². The van der Waals surface area contributed by atoms with Gasteiger partial charge in [-0.2, -0.15) is 5.10 Å². The largest absolute Gasteiger partial charge is 0.345 e. The highest BCUT2D eigenvalue weighted by atomic mass is 16.2. The molecule has 1 amide bonds. The Morgan fingerprint density at radius 2 is 2.40 bits per heavy atom. The van der Waals surface area contributed by atoms with Crippen LogP contribution in [0.3, 0.4) is 0 Å². The summed E-state index contributed by atoms with van der Waals surface area (Å²) in [5.74, 6) is 0.287. The fourth-order valence-electron chi connectivity index (χ4n) is 3.13. The van der Waals surface area contributed by atoms with Crippen molar-refractivity contribution in [3.63, 3.8) is 0 Å². The Morgan fingerprint density at radius 3 is 3.28 bits per heavy atom. The number of rotatable bonds is 5. The lowest BCUT2D eigenvalue weighted by molar-refractivity contribution is 0.0945. The molecule has 1 atom stereocenters. The number of fused-ring (bicyclic) bond motifs is 1. The highest BCUT2D eigenvalue weighted by Gasteiger charge is 2.16. The Kier molecular flexibility index (Phi) is 4.38. The van der Waals surface area contributed by atoms with Crippen molar-refractivity contribution < 1.29 is 4.79 Å². The topological polar surface area (TPSA) is 113 Å². The minimum atomic E-state index is -0.250. The van der Waals surface area contributed by atoms with E-state index in [0.717, 1.165) is 30.7 Å². The molecule has 3 aromatic heterocycles. The fraction of sp³-hybridized carbons (Fsp3) is 0.438. The number of aromatic amines is 1. The van der Waals surface area contributed by atoms with E-state index < -0.39 is 0 Å². The fourth-order valence-corrected chi connectivity index (χ4v) is 3.13. The average molecular weight is 340 g/mol. The van der Waals surface area contributed by atoms with E-state index in [2.05, 4.69) is 36.1 Å². The predicted octanol–water partition coefficient (Wildman–Crippen LogP) is 0.479. The summed E-state index contributed by atoms with van der Waals surface area (Å²) in [6, 6.07) is 3.76. The molecule has 0 bridgehead atoms. The van der Waals surface area contributed by atoms with Crippen LogP contribution in [0.4, 0.5) is 0 Å². The van der Waals surface area contributed by atoms with Gasteiger partial charge >= 0.3 is 0 Å². The number of amides is 1. The van der Waals surface area contributed by atoms with Crippen LogP contribution < -0.4 is 10.6 Å². The molecule has 0 saturated carbocycles. The van der Waals surface area contributed by atoms with Crippen LogP contribution in [-0.2, 0) is 13.1 Å². The van der Waals surface area contributed by atoms with E-state index in [4.69, 9.17) is 0 Å². The molecule has 4 rings (SSSR count). The van der Waals surface area contributed by atoms with Crippen LogP contribution in [0.15, 0.2) is 24.5 Å². The second-order valence-corrected chi connectivity index (χ2v) is 6.30. The van der Waals surface area contributed by atoms with E-state index in [9.17, 15) is 4.79 Å². The predicted molar refractivity (Wildman–Crippen MR) is 90.7 cm³/mol. The molecule has 0 aliphatic carbocycles. The molecule has 9 heteroatoms. The first kappa shape index (κ1) is 15.7. The maximum Gasteiger partial charge on any atom is 0.273 e. The monoisotopic (exact) mass is 340 g/mol. The molecule has 1 aliphatic heterocycles. The minimum Gasteiger partial charge on any atom is -0.345 e. The summed E-state index contributed by atoms with van der Waals surface area (Å²) in [4.78, 5) is 16.5. The minimum absolute atomic E-state index is 0.250. The lowest BCUT2D eigenvalue weighted by atomic mass is 10.00. The molecule has 3 N–H and O–H groups in total. The van der Waals surface area contributed by atoms with Crippen LogP contribution >= 0.6 is 0 Å². The number of aromatic nitrogens is 6. The van der Waals surface area contributed by atoms with E-state index in [1.54, 1.807) is 17.1 Å². The van der Waals surface area contributed by atoms with E-state index >= 15 is 0 Å². The molecule has 1 unspecified atom stereocenters. The number of nitrogens with one attached hydrogen (secondary N) is 3. The summed E-state index contributed by atoms with van der Waals surface area (Å²) in [7, 11) is 0. The Hall–Kier alpha value is -2.81. The molecular weight excluding hydrogens is 320 g/mol. The van der Waals surface area contributed by atoms with Crippen molar-refractivity contribution in [2.75, 3.05) is 13.1 Å². The summed E-state index contributed by atoms with van der Waals surface area (Å²) in [6.07, 6.45) is 5.75. The number of piperidine rings is 1. The molecule has 9 nitrogen and oxygen atoms in total. The van der Waals surface area contributed by atoms with Gasteiger partial charge in [0.1, 0.15) is 0 Å². The van der Waals surface area contributed by atoms with Gasteiger partial charge in [0.05, 0.1) is 18.4 Å². The van der Waals surface area contributed by atoms with Crippen LogP contribution in [0.5, 0.6) is 0 Å². The molecule has 130 valence electrons. The van der Waals surface area contributed by atoms with E-state index in [1.807, 2.05) is 12.1 Å². The van der Waals surface area contributed by atoms with Crippen molar-refractivity contribution >= 4 is 16.9 Å². The molecule has 1 fully saturated rings. The summed E-state index contributed by atoms with van der Waals surface area (Å²) < 4.78 is 1.75. The summed E-state index contributed by atoms with van der Waals surface area (Å²) in [5.41, 5.74) is 1.78. The summed E-state index contributed by atoms with van der Waals surface area (Å²) in [6.45, 7) is 3.19. The first-order valence-electron chi connectivity index (χ1n) is 8.46. The smallest absolute Gasteiger partial charge is 0.273 e. The Bertz CT molecular complexity index is 864. The molecule has 1 saturated heterocycles. The molecule has 25 heavy (non-hydrogen) atoms. The van der Waals surface area contributed by atoms with Crippen molar-refractivity contribution in [3.8, 4) is 0 Å². The number of carbonyl (C=O) groups is 1. The van der Waals surface area contributed by atoms with Crippen LogP contribution in [0, 0.1) is 5.92 Å². The molecule has 0 aromatic carbocycles. The van der Waals surface area contributed by atoms with Crippen LogP contribution in [0.2, 0.25) is 0 Å². The van der Waals surface area contributed by atoms with Gasteiger partial charge in [0.2, 0.25) is 0 Å². The number of nitrogens with zero attached hydrogens (tertiary/aromatic N) is 5. The van der Waals surface area contributed by atoms with E-state index in [1.165, 1.54) is 12.8 Å². The van der Waals surface area contributed by atoms with Crippen LogP contribution in [-0.4, -0.2) is 49.2 Å². The maximum atomic E-state index is 12.3. The molecule has 4 heterocycles. The van der Waals surface area contributed by atoms with Gasteiger partial charge in [-0.05, 0) is 44.0 Å². The second-order valence-electron chi connectivity index (χ2n) is 6.30. The lowest BCUT2D eigenvalue weighted by Crippen LogP contribution is -2.32. The molecular formula is C16H20N8O. The van der Waals surface area contributed by atoms with Crippen molar-refractivity contribution in [2.45, 2.75) is 25.9 Å². The zero-order valence-corrected chi connectivity index (χ0v) is 13.8. The standard InChI is InChI=1S/C16H20N8O/c25-16(19-8-13-12-4-2-6-18-15(12)22-20-13)14-10-24(23-21-14)9-11-3-1-5-17-7-11/h2,4,6,10-11,17H,1,3,5,7-9H2,(H,19,25)(H,18,20,22). The number of carbonyl (C=O) groups excluding carboxylic acids is 1. The quantitative estimate of drug-likeness (QED) is 0.622. The number of pyridine rings is 1. The Balaban J connectivity index is 1.36. The third-order valence-corrected chi connectivity index (χ3v) is 4.45. The second kappa shape index (κ2) is 6.98. The van der Waals surface area contributed by atoms with Gasteiger partial charge in [-0.15, -0.1) is 5.10 Å². The number of hydrogen-bond acceptors (Lipinski definition) is 6. The van der Waals surface area contributed by atoms with Crippen molar-refractivity contribution in [2.24, 2.45) is 5.92 Å². The molecule has 0 radical (unpaired) electrons. The zero-order chi connectivity index (χ0) is 17.1. The molecule has 3 aromatic rings. The normalized spacial score (nSPS) is 17.7. The molecule has 0 spiro atoms. The third-order valence-electron chi connectivity index (χ3n) is 4.45. The van der Waals surface area contributed by atoms with E-state index in [-0.39, 0.29) is 5.91 Å². The van der Waals surface area contributed by atoms with Gasteiger partial charge in [0.15, 0.2) is 11.3 Å². The van der Waals surface area contributed by atoms with Gasteiger partial charge in [0.25, 0.3) is 5.91 Å². The number of H-pyrrole nitrogens is 1. The number of hydrogen-bond donors (Lipinski definition) is 3. The first-order chi connectivity index (χ1) is 12.3. The Labute approximate surface area is 144 Å². The van der Waals surface area contributed by atoms with Crippen molar-refractivity contribution in [1.82, 2.24) is 40.8 Å². The highest BCUT2D eigenvalue weighted by molar-refractivity contribution is 5.92. The average Bonchev–Trinajstić information content (AvgIpc) is 3.28. The van der Waals surface area contributed by atoms with E-state index in [0.29, 0.717) is 23.8 Å². The Morgan fingerprint density at radius 1 is 1.44 bits per heavy atom. The third kappa shape index (κ3) is 3.50. The summed E-state index contributed by atoms with van der Waals surface area (Å²) >= 11 is 0. The van der Waals surface area contributed by atoms with Gasteiger partial charge in [0, 0.05) is 18.1 Å². The van der Waals surface area contributed by atoms with Crippen LogP contribution in [0.1, 0.15) is 29.0 Å². The summed E-state index contributed by atoms with van der Waals surface area (Å²) in [5, 5.41) is 22.2. The van der Waals surface area contributed by atoms with Crippen LogP contribution in [0.25, 0.3) is 11.0 Å². The molecule has 1 aliphatic rings. The van der Waals surface area contributed by atoms with Crippen molar-refractivity contribution in [1.29, 1.82) is 0 Å². The van der Waals surface area contributed by atoms with Gasteiger partial charge < -0.3 is 10.6 Å². The van der Waals surface area contributed by atoms with Gasteiger partial charge in [-0.1, -0.05) is 5.21 Å². The SMILES string of the molecule is O=C(NCc1[nH]nc2ncccc12)c1cn(CC2CCCNC2)nn1. The lowest BCUT2D eigenvalue weighted by Gasteiger charge is -2.22. The van der Waals surface area contributed by atoms with Crippen molar-refractivity contribution in [3.05, 3.63) is 35.9 Å².